The van der Waals surface area contributed by atoms with Crippen LogP contribution in [0.4, 0.5) is 11.4 Å². The van der Waals surface area contributed by atoms with Gasteiger partial charge in [0.05, 0.1) is 9.82 Å². The van der Waals surface area contributed by atoms with Crippen LogP contribution in [0.15, 0.2) is 53.4 Å². The minimum atomic E-state index is -3.82. The number of piperidine rings is 1. The van der Waals surface area contributed by atoms with Gasteiger partial charge >= 0.3 is 0 Å². The second kappa shape index (κ2) is 8.06. The van der Waals surface area contributed by atoms with Crippen LogP contribution in [0.3, 0.4) is 0 Å². The SMILES string of the molecule is CC1CCCN(c2ccc(CNS(=O)(=O)c3cccc([N+](=O)[O-])c3)cc2)C1. The molecule has 0 aromatic heterocycles. The van der Waals surface area contributed by atoms with Gasteiger partial charge in [0.25, 0.3) is 5.69 Å². The number of anilines is 1. The number of nitrogens with zero attached hydrogens (tertiary/aromatic N) is 2. The molecule has 1 N–H and O–H groups in total. The molecule has 0 saturated carbocycles. The summed E-state index contributed by atoms with van der Waals surface area (Å²) in [5.74, 6) is 0.681. The smallest absolute Gasteiger partial charge is 0.270 e. The Labute approximate surface area is 159 Å². The van der Waals surface area contributed by atoms with Crippen LogP contribution in [0.2, 0.25) is 0 Å². The number of nitro groups is 1. The lowest BCUT2D eigenvalue weighted by Gasteiger charge is -2.32. The molecule has 27 heavy (non-hydrogen) atoms. The third-order valence-electron chi connectivity index (χ3n) is 4.76. The fourth-order valence-corrected chi connectivity index (χ4v) is 4.33. The van der Waals surface area contributed by atoms with E-state index in [0.29, 0.717) is 5.92 Å². The molecular formula is C19H23N3O4S. The van der Waals surface area contributed by atoms with Crippen molar-refractivity contribution in [2.24, 2.45) is 5.92 Å². The van der Waals surface area contributed by atoms with Crippen molar-refractivity contribution in [2.75, 3.05) is 18.0 Å². The van der Waals surface area contributed by atoms with E-state index in [4.69, 9.17) is 0 Å². The topological polar surface area (TPSA) is 92.6 Å². The molecule has 0 spiro atoms. The van der Waals surface area contributed by atoms with Gasteiger partial charge in [0.1, 0.15) is 0 Å². The number of nitrogens with one attached hydrogen (secondary N) is 1. The molecule has 1 aliphatic heterocycles. The van der Waals surface area contributed by atoms with Gasteiger partial charge in [-0.25, -0.2) is 13.1 Å². The zero-order chi connectivity index (χ0) is 19.4. The zero-order valence-electron chi connectivity index (χ0n) is 15.2. The summed E-state index contributed by atoms with van der Waals surface area (Å²) in [4.78, 5) is 12.5. The lowest BCUT2D eigenvalue weighted by molar-refractivity contribution is -0.385. The zero-order valence-corrected chi connectivity index (χ0v) is 16.0. The third-order valence-corrected chi connectivity index (χ3v) is 6.16. The number of rotatable bonds is 6. The van der Waals surface area contributed by atoms with Gasteiger partial charge in [-0.2, -0.15) is 0 Å². The van der Waals surface area contributed by atoms with E-state index in [1.165, 1.54) is 31.0 Å². The lowest BCUT2D eigenvalue weighted by Crippen LogP contribution is -2.34. The molecule has 0 aliphatic carbocycles. The molecule has 3 rings (SSSR count). The molecule has 8 heteroatoms. The van der Waals surface area contributed by atoms with E-state index in [1.54, 1.807) is 0 Å². The Morgan fingerprint density at radius 3 is 2.63 bits per heavy atom. The van der Waals surface area contributed by atoms with Crippen LogP contribution in [0.5, 0.6) is 0 Å². The number of non-ortho nitro benzene ring substituents is 1. The van der Waals surface area contributed by atoms with Crippen LogP contribution < -0.4 is 9.62 Å². The van der Waals surface area contributed by atoms with E-state index in [9.17, 15) is 18.5 Å². The van der Waals surface area contributed by atoms with E-state index in [-0.39, 0.29) is 17.1 Å². The van der Waals surface area contributed by atoms with Crippen LogP contribution in [-0.4, -0.2) is 26.4 Å². The Hall–Kier alpha value is -2.45. The minimum Gasteiger partial charge on any atom is -0.371 e. The number of hydrogen-bond donors (Lipinski definition) is 1. The largest absolute Gasteiger partial charge is 0.371 e. The number of benzene rings is 2. The summed E-state index contributed by atoms with van der Waals surface area (Å²) in [7, 11) is -3.82. The Kier molecular flexibility index (Phi) is 5.76. The maximum Gasteiger partial charge on any atom is 0.270 e. The first-order valence-electron chi connectivity index (χ1n) is 8.93. The summed E-state index contributed by atoms with van der Waals surface area (Å²) in [5.41, 5.74) is 1.72. The molecule has 0 radical (unpaired) electrons. The summed E-state index contributed by atoms with van der Waals surface area (Å²) in [6, 6.07) is 12.9. The highest BCUT2D eigenvalue weighted by molar-refractivity contribution is 7.89. The van der Waals surface area contributed by atoms with Crippen molar-refractivity contribution in [3.05, 3.63) is 64.2 Å². The number of hydrogen-bond acceptors (Lipinski definition) is 5. The van der Waals surface area contributed by atoms with Crippen LogP contribution in [0, 0.1) is 16.0 Å². The van der Waals surface area contributed by atoms with Crippen molar-refractivity contribution in [2.45, 2.75) is 31.2 Å². The first-order chi connectivity index (χ1) is 12.8. The molecular weight excluding hydrogens is 366 g/mol. The standard InChI is InChI=1S/C19H23N3O4S/c1-15-4-3-11-21(14-15)17-9-7-16(8-10-17)13-20-27(25,26)19-6-2-5-18(12-19)22(23)24/h2,5-10,12,15,20H,3-4,11,13-14H2,1H3. The summed E-state index contributed by atoms with van der Waals surface area (Å²) < 4.78 is 27.3. The van der Waals surface area contributed by atoms with Crippen molar-refractivity contribution in [1.82, 2.24) is 4.72 Å². The highest BCUT2D eigenvalue weighted by Crippen LogP contribution is 2.23. The first kappa shape index (κ1) is 19.3. The lowest BCUT2D eigenvalue weighted by atomic mass is 9.99. The van der Waals surface area contributed by atoms with Crippen LogP contribution in [0.25, 0.3) is 0 Å². The number of sulfonamides is 1. The van der Waals surface area contributed by atoms with E-state index < -0.39 is 14.9 Å². The van der Waals surface area contributed by atoms with Gasteiger partial charge in [0.15, 0.2) is 0 Å². The average molecular weight is 389 g/mol. The molecule has 1 heterocycles. The van der Waals surface area contributed by atoms with Gasteiger partial charge in [-0.3, -0.25) is 10.1 Å². The van der Waals surface area contributed by atoms with Gasteiger partial charge in [0.2, 0.25) is 10.0 Å². The maximum absolute atomic E-state index is 12.4. The second-order valence-corrected chi connectivity index (χ2v) is 8.71. The van der Waals surface area contributed by atoms with Crippen molar-refractivity contribution in [3.8, 4) is 0 Å². The second-order valence-electron chi connectivity index (χ2n) is 6.94. The predicted octanol–water partition coefficient (Wildman–Crippen LogP) is 3.31. The molecule has 7 nitrogen and oxygen atoms in total. The fraction of sp³-hybridized carbons (Fsp3) is 0.368. The summed E-state index contributed by atoms with van der Waals surface area (Å²) in [5, 5.41) is 10.8. The van der Waals surface area contributed by atoms with Crippen molar-refractivity contribution in [1.29, 1.82) is 0 Å². The fourth-order valence-electron chi connectivity index (χ4n) is 3.27. The molecule has 2 aromatic rings. The first-order valence-corrected chi connectivity index (χ1v) is 10.4. The molecule has 1 atom stereocenters. The summed E-state index contributed by atoms with van der Waals surface area (Å²) in [6.07, 6.45) is 2.44. The Morgan fingerprint density at radius 2 is 1.96 bits per heavy atom. The van der Waals surface area contributed by atoms with Gasteiger partial charge < -0.3 is 4.90 Å². The monoisotopic (exact) mass is 389 g/mol. The molecule has 1 unspecified atom stereocenters. The Morgan fingerprint density at radius 1 is 1.22 bits per heavy atom. The van der Waals surface area contributed by atoms with Crippen molar-refractivity contribution < 1.29 is 13.3 Å². The third kappa shape index (κ3) is 4.84. The highest BCUT2D eigenvalue weighted by Gasteiger charge is 2.18. The molecule has 0 amide bonds. The van der Waals surface area contributed by atoms with Crippen LogP contribution in [-0.2, 0) is 16.6 Å². The predicted molar refractivity (Wildman–Crippen MR) is 104 cm³/mol. The molecule has 2 aromatic carbocycles. The highest BCUT2D eigenvalue weighted by atomic mass is 32.2. The van der Waals surface area contributed by atoms with Crippen LogP contribution >= 0.6 is 0 Å². The van der Waals surface area contributed by atoms with Gasteiger partial charge in [-0.05, 0) is 42.5 Å². The number of nitro benzene ring substituents is 1. The molecule has 1 fully saturated rings. The summed E-state index contributed by atoms with van der Waals surface area (Å²) in [6.45, 7) is 4.47. The molecule has 1 saturated heterocycles. The van der Waals surface area contributed by atoms with Crippen molar-refractivity contribution >= 4 is 21.4 Å². The van der Waals surface area contributed by atoms with Crippen molar-refractivity contribution in [3.63, 3.8) is 0 Å². The maximum atomic E-state index is 12.4. The van der Waals surface area contributed by atoms with E-state index in [1.807, 2.05) is 24.3 Å². The van der Waals surface area contributed by atoms with E-state index >= 15 is 0 Å². The van der Waals surface area contributed by atoms with Crippen LogP contribution in [0.1, 0.15) is 25.3 Å². The average Bonchev–Trinajstić information content (AvgIpc) is 2.67. The van der Waals surface area contributed by atoms with E-state index in [0.717, 1.165) is 30.4 Å². The quantitative estimate of drug-likeness (QED) is 0.604. The Balaban J connectivity index is 1.65. The molecule has 144 valence electrons. The van der Waals surface area contributed by atoms with Gasteiger partial charge in [-0.1, -0.05) is 25.1 Å². The normalized spacial score (nSPS) is 17.7. The summed E-state index contributed by atoms with van der Waals surface area (Å²) >= 11 is 0. The molecule has 0 bridgehead atoms. The Bertz CT molecular complexity index is 913. The van der Waals surface area contributed by atoms with E-state index in [2.05, 4.69) is 16.5 Å². The molecule has 1 aliphatic rings. The van der Waals surface area contributed by atoms with Gasteiger partial charge in [-0.15, -0.1) is 0 Å². The van der Waals surface area contributed by atoms with Gasteiger partial charge in [0, 0.05) is 37.5 Å². The minimum absolute atomic E-state index is 0.115.